The largest absolute Gasteiger partial charge is 0.457 e. The number of carbonyl (C=O) groups is 1. The van der Waals surface area contributed by atoms with Gasteiger partial charge < -0.3 is 4.74 Å². The molecule has 0 saturated heterocycles. The van der Waals surface area contributed by atoms with E-state index in [-0.39, 0.29) is 17.5 Å². The Bertz CT molecular complexity index is 429. The van der Waals surface area contributed by atoms with Crippen LogP contribution in [0.15, 0.2) is 24.3 Å². The molecule has 0 aliphatic carbocycles. The third kappa shape index (κ3) is 4.99. The van der Waals surface area contributed by atoms with Crippen LogP contribution in [-0.4, -0.2) is 5.97 Å². The first-order chi connectivity index (χ1) is 9.38. The van der Waals surface area contributed by atoms with Gasteiger partial charge in [0.2, 0.25) is 0 Å². The maximum absolute atomic E-state index is 11.6. The molecule has 0 spiro atoms. The Kier molecular flexibility index (Phi) is 6.25. The van der Waals surface area contributed by atoms with Crippen LogP contribution in [-0.2, 0) is 14.9 Å². The van der Waals surface area contributed by atoms with Gasteiger partial charge >= 0.3 is 5.97 Å². The molecular formula is C18H28O2. The Morgan fingerprint density at radius 3 is 2.50 bits per heavy atom. The number of rotatable bonds is 6. The molecule has 0 bridgehead atoms. The van der Waals surface area contributed by atoms with Crippen molar-refractivity contribution in [3.63, 3.8) is 0 Å². The van der Waals surface area contributed by atoms with Crippen molar-refractivity contribution in [1.82, 2.24) is 0 Å². The Labute approximate surface area is 123 Å². The first-order valence-corrected chi connectivity index (χ1v) is 7.68. The SMILES string of the molecule is CCCCC(OC(=O)CC)c1cccc(C(C)(C)C)c1. The third-order valence-corrected chi connectivity index (χ3v) is 3.51. The predicted octanol–water partition coefficient (Wildman–Crippen LogP) is 5.17. The molecule has 0 fully saturated rings. The molecule has 0 N–H and O–H groups in total. The molecule has 2 heteroatoms. The molecule has 1 unspecified atom stereocenters. The molecule has 1 rings (SSSR count). The molecule has 0 heterocycles. The first-order valence-electron chi connectivity index (χ1n) is 7.68. The van der Waals surface area contributed by atoms with Crippen molar-refractivity contribution in [2.75, 3.05) is 0 Å². The van der Waals surface area contributed by atoms with Gasteiger partial charge in [0.05, 0.1) is 0 Å². The summed E-state index contributed by atoms with van der Waals surface area (Å²) in [5.41, 5.74) is 2.51. The number of benzene rings is 1. The summed E-state index contributed by atoms with van der Waals surface area (Å²) in [5.74, 6) is -0.118. The molecule has 0 aromatic heterocycles. The highest BCUT2D eigenvalue weighted by atomic mass is 16.5. The van der Waals surface area contributed by atoms with Gasteiger partial charge in [-0.25, -0.2) is 0 Å². The minimum atomic E-state index is -0.118. The van der Waals surface area contributed by atoms with E-state index in [0.717, 1.165) is 24.8 Å². The van der Waals surface area contributed by atoms with Crippen LogP contribution in [0.25, 0.3) is 0 Å². The number of carbonyl (C=O) groups excluding carboxylic acids is 1. The summed E-state index contributed by atoms with van der Waals surface area (Å²) >= 11 is 0. The van der Waals surface area contributed by atoms with E-state index >= 15 is 0 Å². The second kappa shape index (κ2) is 7.47. The summed E-state index contributed by atoms with van der Waals surface area (Å²) in [6, 6.07) is 8.46. The van der Waals surface area contributed by atoms with E-state index in [1.54, 1.807) is 0 Å². The lowest BCUT2D eigenvalue weighted by Gasteiger charge is -2.23. The normalized spacial score (nSPS) is 13.1. The lowest BCUT2D eigenvalue weighted by atomic mass is 9.85. The number of hydrogen-bond donors (Lipinski definition) is 0. The minimum absolute atomic E-state index is 0.107. The lowest BCUT2D eigenvalue weighted by molar-refractivity contribution is -0.149. The molecule has 0 aliphatic rings. The summed E-state index contributed by atoms with van der Waals surface area (Å²) in [4.78, 5) is 11.6. The fraction of sp³-hybridized carbons (Fsp3) is 0.611. The maximum atomic E-state index is 11.6. The molecule has 112 valence electrons. The van der Waals surface area contributed by atoms with E-state index in [1.807, 2.05) is 6.92 Å². The van der Waals surface area contributed by atoms with Crippen LogP contribution in [0.4, 0.5) is 0 Å². The molecule has 0 aliphatic heterocycles. The van der Waals surface area contributed by atoms with Crippen molar-refractivity contribution < 1.29 is 9.53 Å². The van der Waals surface area contributed by atoms with Crippen molar-refractivity contribution in [2.24, 2.45) is 0 Å². The zero-order chi connectivity index (χ0) is 15.2. The number of esters is 1. The summed E-state index contributed by atoms with van der Waals surface area (Å²) < 4.78 is 5.62. The van der Waals surface area contributed by atoms with Crippen molar-refractivity contribution in [3.05, 3.63) is 35.4 Å². The van der Waals surface area contributed by atoms with E-state index in [0.29, 0.717) is 6.42 Å². The Morgan fingerprint density at radius 2 is 1.95 bits per heavy atom. The van der Waals surface area contributed by atoms with E-state index < -0.39 is 0 Å². The van der Waals surface area contributed by atoms with Crippen LogP contribution in [0.5, 0.6) is 0 Å². The third-order valence-electron chi connectivity index (χ3n) is 3.51. The highest BCUT2D eigenvalue weighted by molar-refractivity contribution is 5.69. The monoisotopic (exact) mass is 276 g/mol. The van der Waals surface area contributed by atoms with Gasteiger partial charge in [-0.2, -0.15) is 0 Å². The standard InChI is InChI=1S/C18H28O2/c1-6-8-12-16(20-17(19)7-2)14-10-9-11-15(13-14)18(3,4)5/h9-11,13,16H,6-8,12H2,1-5H3. The molecule has 1 atom stereocenters. The second-order valence-electron chi connectivity index (χ2n) is 6.35. The van der Waals surface area contributed by atoms with Crippen LogP contribution in [0.1, 0.15) is 77.5 Å². The molecule has 0 amide bonds. The smallest absolute Gasteiger partial charge is 0.306 e. The molecule has 1 aromatic carbocycles. The summed E-state index contributed by atoms with van der Waals surface area (Å²) in [5, 5.41) is 0. The zero-order valence-electron chi connectivity index (χ0n) is 13.5. The van der Waals surface area contributed by atoms with Gasteiger partial charge in [0.15, 0.2) is 0 Å². The Hall–Kier alpha value is -1.31. The zero-order valence-corrected chi connectivity index (χ0v) is 13.5. The van der Waals surface area contributed by atoms with Gasteiger partial charge in [-0.05, 0) is 29.4 Å². The van der Waals surface area contributed by atoms with Gasteiger partial charge in [-0.3, -0.25) is 4.79 Å². The second-order valence-corrected chi connectivity index (χ2v) is 6.35. The van der Waals surface area contributed by atoms with Gasteiger partial charge in [0.25, 0.3) is 0 Å². The molecular weight excluding hydrogens is 248 g/mol. The number of hydrogen-bond acceptors (Lipinski definition) is 2. The van der Waals surface area contributed by atoms with Gasteiger partial charge in [-0.15, -0.1) is 0 Å². The maximum Gasteiger partial charge on any atom is 0.306 e. The van der Waals surface area contributed by atoms with Crippen molar-refractivity contribution >= 4 is 5.97 Å². The molecule has 1 aromatic rings. The highest BCUT2D eigenvalue weighted by Crippen LogP contribution is 2.29. The van der Waals surface area contributed by atoms with Crippen molar-refractivity contribution in [1.29, 1.82) is 0 Å². The minimum Gasteiger partial charge on any atom is -0.457 e. The molecule has 2 nitrogen and oxygen atoms in total. The average molecular weight is 276 g/mol. The Balaban J connectivity index is 2.97. The fourth-order valence-corrected chi connectivity index (χ4v) is 2.13. The van der Waals surface area contributed by atoms with Crippen LogP contribution >= 0.6 is 0 Å². The van der Waals surface area contributed by atoms with Crippen molar-refractivity contribution in [3.8, 4) is 0 Å². The number of unbranched alkanes of at least 4 members (excludes halogenated alkanes) is 1. The predicted molar refractivity (Wildman–Crippen MR) is 83.8 cm³/mol. The topological polar surface area (TPSA) is 26.3 Å². The lowest BCUT2D eigenvalue weighted by Crippen LogP contribution is -2.14. The van der Waals surface area contributed by atoms with Crippen LogP contribution in [0, 0.1) is 0 Å². The van der Waals surface area contributed by atoms with Crippen LogP contribution in [0.2, 0.25) is 0 Å². The first kappa shape index (κ1) is 16.7. The van der Waals surface area contributed by atoms with Gasteiger partial charge in [0, 0.05) is 6.42 Å². The van der Waals surface area contributed by atoms with Crippen LogP contribution < -0.4 is 0 Å². The van der Waals surface area contributed by atoms with E-state index in [4.69, 9.17) is 4.74 Å². The van der Waals surface area contributed by atoms with Crippen LogP contribution in [0.3, 0.4) is 0 Å². The number of ether oxygens (including phenoxy) is 1. The molecule has 0 saturated carbocycles. The average Bonchev–Trinajstić information content (AvgIpc) is 2.42. The summed E-state index contributed by atoms with van der Waals surface area (Å²) in [6.45, 7) is 10.6. The van der Waals surface area contributed by atoms with E-state index in [2.05, 4.69) is 52.0 Å². The highest BCUT2D eigenvalue weighted by Gasteiger charge is 2.19. The van der Waals surface area contributed by atoms with Gasteiger partial charge in [-0.1, -0.05) is 65.3 Å². The van der Waals surface area contributed by atoms with Gasteiger partial charge in [0.1, 0.15) is 6.10 Å². The molecule has 20 heavy (non-hydrogen) atoms. The fourth-order valence-electron chi connectivity index (χ4n) is 2.13. The van der Waals surface area contributed by atoms with Crippen molar-refractivity contribution in [2.45, 2.75) is 71.8 Å². The quantitative estimate of drug-likeness (QED) is 0.670. The Morgan fingerprint density at radius 1 is 1.25 bits per heavy atom. The summed E-state index contributed by atoms with van der Waals surface area (Å²) in [6.07, 6.45) is 3.41. The summed E-state index contributed by atoms with van der Waals surface area (Å²) in [7, 11) is 0. The van der Waals surface area contributed by atoms with E-state index in [9.17, 15) is 4.79 Å². The van der Waals surface area contributed by atoms with E-state index in [1.165, 1.54) is 5.56 Å². The molecule has 0 radical (unpaired) electrons.